The van der Waals surface area contributed by atoms with E-state index >= 15 is 0 Å². The van der Waals surface area contributed by atoms with Gasteiger partial charge < -0.3 is 4.74 Å². The molecule has 5 heteroatoms. The van der Waals surface area contributed by atoms with Crippen LogP contribution in [0, 0.1) is 18.2 Å². The normalized spacial score (nSPS) is 20.9. The first-order chi connectivity index (χ1) is 9.30. The van der Waals surface area contributed by atoms with Crippen LogP contribution < -0.4 is 0 Å². The standard InChI is InChI=1S/C15H22ClFN2O/c1-5-20-15(8-6-14(3,4)7-9-15)13-18-10(2)11(17)12(16)19-13/h5-9H2,1-4H3. The third-order valence-electron chi connectivity index (χ3n) is 4.22. The van der Waals surface area contributed by atoms with Gasteiger partial charge in [-0.3, -0.25) is 0 Å². The van der Waals surface area contributed by atoms with Crippen molar-refractivity contribution < 1.29 is 9.13 Å². The van der Waals surface area contributed by atoms with Gasteiger partial charge in [0.1, 0.15) is 5.60 Å². The SMILES string of the molecule is CCOC1(c2nc(C)c(F)c(Cl)n2)CCC(C)(C)CC1. The second-order valence-electron chi connectivity index (χ2n) is 6.33. The van der Waals surface area contributed by atoms with Crippen LogP contribution >= 0.6 is 11.6 Å². The Hall–Kier alpha value is -0.740. The average molecular weight is 301 g/mol. The fraction of sp³-hybridized carbons (Fsp3) is 0.733. The van der Waals surface area contributed by atoms with E-state index in [9.17, 15) is 4.39 Å². The van der Waals surface area contributed by atoms with Crippen LogP contribution in [0.1, 0.15) is 58.0 Å². The molecule has 0 spiro atoms. The topological polar surface area (TPSA) is 35.0 Å². The van der Waals surface area contributed by atoms with Gasteiger partial charge in [-0.25, -0.2) is 14.4 Å². The maximum absolute atomic E-state index is 13.6. The summed E-state index contributed by atoms with van der Waals surface area (Å²) in [6.07, 6.45) is 3.75. The number of halogens is 2. The molecule has 20 heavy (non-hydrogen) atoms. The highest BCUT2D eigenvalue weighted by atomic mass is 35.5. The second kappa shape index (κ2) is 5.57. The average Bonchev–Trinajstić information content (AvgIpc) is 2.38. The van der Waals surface area contributed by atoms with Crippen LogP contribution in [0.5, 0.6) is 0 Å². The van der Waals surface area contributed by atoms with E-state index in [2.05, 4.69) is 23.8 Å². The lowest BCUT2D eigenvalue weighted by Crippen LogP contribution is -2.39. The molecule has 1 aromatic heterocycles. The molecule has 0 N–H and O–H groups in total. The zero-order chi connectivity index (χ0) is 15.0. The third-order valence-corrected chi connectivity index (χ3v) is 4.47. The largest absolute Gasteiger partial charge is 0.367 e. The van der Waals surface area contributed by atoms with Crippen molar-refractivity contribution in [2.45, 2.75) is 59.0 Å². The quantitative estimate of drug-likeness (QED) is 0.776. The van der Waals surface area contributed by atoms with Crippen LogP contribution in [-0.4, -0.2) is 16.6 Å². The van der Waals surface area contributed by atoms with Crippen molar-refractivity contribution in [2.24, 2.45) is 5.41 Å². The fourth-order valence-corrected chi connectivity index (χ4v) is 2.98. The smallest absolute Gasteiger partial charge is 0.181 e. The first kappa shape index (κ1) is 15.6. The lowest BCUT2D eigenvalue weighted by molar-refractivity contribution is -0.0949. The molecular formula is C15H22ClFN2O. The molecule has 0 amide bonds. The molecular weight excluding hydrogens is 279 g/mol. The van der Waals surface area contributed by atoms with Crippen molar-refractivity contribution in [1.82, 2.24) is 9.97 Å². The Bertz CT molecular complexity index is 472. The van der Waals surface area contributed by atoms with Crippen molar-refractivity contribution in [3.05, 3.63) is 22.5 Å². The highest BCUT2D eigenvalue weighted by Gasteiger charge is 2.43. The van der Waals surface area contributed by atoms with Crippen LogP contribution in [0.25, 0.3) is 0 Å². The maximum Gasteiger partial charge on any atom is 0.181 e. The van der Waals surface area contributed by atoms with Gasteiger partial charge in [0.25, 0.3) is 0 Å². The molecule has 0 atom stereocenters. The van der Waals surface area contributed by atoms with Crippen LogP contribution in [0.2, 0.25) is 5.15 Å². The Kier molecular flexibility index (Phi) is 4.35. The van der Waals surface area contributed by atoms with Crippen molar-refractivity contribution >= 4 is 11.6 Å². The summed E-state index contributed by atoms with van der Waals surface area (Å²) < 4.78 is 19.6. The second-order valence-corrected chi connectivity index (χ2v) is 6.69. The molecule has 1 aliphatic rings. The molecule has 1 heterocycles. The van der Waals surface area contributed by atoms with Gasteiger partial charge in [0.2, 0.25) is 0 Å². The van der Waals surface area contributed by atoms with Gasteiger partial charge in [-0.05, 0) is 44.9 Å². The Balaban J connectivity index is 2.39. The highest BCUT2D eigenvalue weighted by molar-refractivity contribution is 6.29. The predicted molar refractivity (Wildman–Crippen MR) is 77.3 cm³/mol. The van der Waals surface area contributed by atoms with E-state index in [0.29, 0.717) is 17.8 Å². The molecule has 0 radical (unpaired) electrons. The molecule has 0 bridgehead atoms. The molecule has 1 saturated carbocycles. The molecule has 0 aliphatic heterocycles. The zero-order valence-electron chi connectivity index (χ0n) is 12.6. The number of nitrogens with zero attached hydrogens (tertiary/aromatic N) is 2. The molecule has 2 rings (SSSR count). The van der Waals surface area contributed by atoms with Gasteiger partial charge in [0.15, 0.2) is 16.8 Å². The van der Waals surface area contributed by atoms with Gasteiger partial charge in [-0.15, -0.1) is 0 Å². The fourth-order valence-electron chi connectivity index (χ4n) is 2.77. The molecule has 1 fully saturated rings. The number of hydrogen-bond donors (Lipinski definition) is 0. The lowest BCUT2D eigenvalue weighted by Gasteiger charge is -2.42. The van der Waals surface area contributed by atoms with Crippen LogP contribution in [-0.2, 0) is 10.3 Å². The molecule has 0 aromatic carbocycles. The summed E-state index contributed by atoms with van der Waals surface area (Å²) >= 11 is 5.87. The third kappa shape index (κ3) is 2.96. The molecule has 3 nitrogen and oxygen atoms in total. The predicted octanol–water partition coefficient (Wildman–Crippen LogP) is 4.41. The minimum absolute atomic E-state index is 0.114. The summed E-state index contributed by atoms with van der Waals surface area (Å²) in [7, 11) is 0. The number of aromatic nitrogens is 2. The monoisotopic (exact) mass is 300 g/mol. The highest BCUT2D eigenvalue weighted by Crippen LogP contribution is 2.46. The first-order valence-corrected chi connectivity index (χ1v) is 7.51. The van der Waals surface area contributed by atoms with Crippen LogP contribution in [0.15, 0.2) is 0 Å². The Labute approximate surface area is 124 Å². The Morgan fingerprint density at radius 2 is 1.80 bits per heavy atom. The van der Waals surface area contributed by atoms with Crippen molar-refractivity contribution in [3.63, 3.8) is 0 Å². The minimum atomic E-state index is -0.543. The van der Waals surface area contributed by atoms with E-state index in [-0.39, 0.29) is 10.8 Å². The summed E-state index contributed by atoms with van der Waals surface area (Å²) in [6.45, 7) is 8.66. The van der Waals surface area contributed by atoms with Gasteiger partial charge in [-0.1, -0.05) is 25.4 Å². The maximum atomic E-state index is 13.6. The molecule has 1 aliphatic carbocycles. The van der Waals surface area contributed by atoms with E-state index in [4.69, 9.17) is 16.3 Å². The van der Waals surface area contributed by atoms with Crippen molar-refractivity contribution in [1.29, 1.82) is 0 Å². The summed E-state index contributed by atoms with van der Waals surface area (Å²) in [6, 6.07) is 0. The van der Waals surface area contributed by atoms with Crippen LogP contribution in [0.3, 0.4) is 0 Å². The summed E-state index contributed by atoms with van der Waals surface area (Å²) in [5.41, 5.74) is 0.0650. The van der Waals surface area contributed by atoms with Gasteiger partial charge in [0.05, 0.1) is 5.69 Å². The Morgan fingerprint density at radius 3 is 2.30 bits per heavy atom. The van der Waals surface area contributed by atoms with E-state index in [1.54, 1.807) is 6.92 Å². The summed E-state index contributed by atoms with van der Waals surface area (Å²) in [5.74, 6) is -0.0167. The molecule has 112 valence electrons. The van der Waals surface area contributed by atoms with Crippen molar-refractivity contribution in [2.75, 3.05) is 6.61 Å². The molecule has 1 aromatic rings. The number of hydrogen-bond acceptors (Lipinski definition) is 3. The summed E-state index contributed by atoms with van der Waals surface area (Å²) in [5, 5.41) is -0.114. The van der Waals surface area contributed by atoms with E-state index in [0.717, 1.165) is 25.7 Å². The number of aryl methyl sites for hydroxylation is 1. The molecule has 0 unspecified atom stereocenters. The van der Waals surface area contributed by atoms with Gasteiger partial charge >= 0.3 is 0 Å². The van der Waals surface area contributed by atoms with Gasteiger partial charge in [0, 0.05) is 6.61 Å². The minimum Gasteiger partial charge on any atom is -0.367 e. The lowest BCUT2D eigenvalue weighted by atomic mass is 9.70. The van der Waals surface area contributed by atoms with Crippen LogP contribution in [0.4, 0.5) is 4.39 Å². The van der Waals surface area contributed by atoms with Crippen molar-refractivity contribution in [3.8, 4) is 0 Å². The summed E-state index contributed by atoms with van der Waals surface area (Å²) in [4.78, 5) is 8.45. The van der Waals surface area contributed by atoms with E-state index < -0.39 is 11.4 Å². The zero-order valence-corrected chi connectivity index (χ0v) is 13.4. The number of ether oxygens (including phenoxy) is 1. The van der Waals surface area contributed by atoms with E-state index in [1.165, 1.54) is 0 Å². The van der Waals surface area contributed by atoms with E-state index in [1.807, 2.05) is 6.92 Å². The Morgan fingerprint density at radius 1 is 1.20 bits per heavy atom. The van der Waals surface area contributed by atoms with Gasteiger partial charge in [-0.2, -0.15) is 0 Å². The molecule has 0 saturated heterocycles. The first-order valence-electron chi connectivity index (χ1n) is 7.14. The number of rotatable bonds is 3.